The second-order valence-electron chi connectivity index (χ2n) is 13.2. The summed E-state index contributed by atoms with van der Waals surface area (Å²) >= 11 is 0. The lowest BCUT2D eigenvalue weighted by Gasteiger charge is -2.30. The van der Waals surface area contributed by atoms with Gasteiger partial charge in [0.25, 0.3) is 11.8 Å². The first kappa shape index (κ1) is 36.0. The van der Waals surface area contributed by atoms with Gasteiger partial charge in [0.05, 0.1) is 72.9 Å². The molecule has 4 aliphatic rings. The van der Waals surface area contributed by atoms with E-state index in [1.54, 1.807) is 23.2 Å². The van der Waals surface area contributed by atoms with Crippen molar-refractivity contribution < 1.29 is 53.1 Å². The second kappa shape index (κ2) is 14.2. The van der Waals surface area contributed by atoms with Crippen molar-refractivity contribution in [3.63, 3.8) is 0 Å². The Bertz CT molecular complexity index is 2150. The highest BCUT2D eigenvalue weighted by atomic mass is 16.5. The third kappa shape index (κ3) is 6.44. The molecule has 16 nitrogen and oxygen atoms in total. The summed E-state index contributed by atoms with van der Waals surface area (Å²) in [5, 5.41) is 21.3. The predicted octanol–water partition coefficient (Wildman–Crippen LogP) is 4.12. The molecule has 4 aliphatic heterocycles. The number of hydrogen-bond acceptors (Lipinski definition) is 12. The molecule has 2 saturated heterocycles. The molecule has 3 atom stereocenters. The molecule has 0 bridgehead atoms. The van der Waals surface area contributed by atoms with Gasteiger partial charge < -0.3 is 43.7 Å². The first-order chi connectivity index (χ1) is 25.9. The topological polar surface area (TPSA) is 190 Å². The minimum atomic E-state index is -1.57. The average Bonchev–Trinajstić information content (AvgIpc) is 3.70. The van der Waals surface area contributed by atoms with Crippen LogP contribution in [0.2, 0.25) is 0 Å². The normalized spacial score (nSPS) is 20.1. The Morgan fingerprint density at radius 3 is 2.04 bits per heavy atom. The number of carbonyl (C=O) groups is 4. The van der Waals surface area contributed by atoms with E-state index in [4.69, 9.17) is 23.7 Å². The van der Waals surface area contributed by atoms with Gasteiger partial charge in [-0.25, -0.2) is 14.5 Å². The molecule has 280 valence electrons. The maximum atomic E-state index is 13.6. The zero-order chi connectivity index (χ0) is 38.4. The van der Waals surface area contributed by atoms with Crippen molar-refractivity contribution in [2.45, 2.75) is 44.4 Å². The molecular formula is C38H37N5O11. The van der Waals surface area contributed by atoms with Crippen molar-refractivity contribution in [2.24, 2.45) is 4.99 Å². The van der Waals surface area contributed by atoms with E-state index in [-0.39, 0.29) is 77.9 Å². The molecule has 54 heavy (non-hydrogen) atoms. The highest BCUT2D eigenvalue weighted by Crippen LogP contribution is 2.42. The van der Waals surface area contributed by atoms with Crippen LogP contribution in [-0.4, -0.2) is 108 Å². The summed E-state index contributed by atoms with van der Waals surface area (Å²) < 4.78 is 28.3. The molecule has 7 rings (SSSR count). The van der Waals surface area contributed by atoms with Gasteiger partial charge >= 0.3 is 12.1 Å². The highest BCUT2D eigenvalue weighted by Gasteiger charge is 2.46. The number of nitrogens with zero attached hydrogens (tertiary/aromatic N) is 5. The van der Waals surface area contributed by atoms with Crippen molar-refractivity contribution in [1.82, 2.24) is 14.8 Å². The summed E-state index contributed by atoms with van der Waals surface area (Å²) in [5.41, 5.74) is 3.06. The molecule has 1 aromatic heterocycles. The molecular weight excluding hydrogens is 702 g/mol. The summed E-state index contributed by atoms with van der Waals surface area (Å²) in [6, 6.07) is 7.82. The number of fused-ring (bicyclic) bond motifs is 4. The van der Waals surface area contributed by atoms with E-state index < -0.39 is 30.2 Å². The van der Waals surface area contributed by atoms with Gasteiger partial charge in [-0.15, -0.1) is 0 Å². The third-order valence-corrected chi connectivity index (χ3v) is 9.69. The number of carboxylic acid groups (broad SMARTS) is 1. The van der Waals surface area contributed by atoms with E-state index in [0.29, 0.717) is 41.2 Å². The number of benzene rings is 2. The van der Waals surface area contributed by atoms with Crippen LogP contribution in [0.15, 0.2) is 65.7 Å². The van der Waals surface area contributed by atoms with Crippen LogP contribution in [0.1, 0.15) is 55.3 Å². The summed E-state index contributed by atoms with van der Waals surface area (Å²) in [5.74, 6) is -0.580. The highest BCUT2D eigenvalue weighted by molar-refractivity contribution is 6.06. The van der Waals surface area contributed by atoms with Gasteiger partial charge in [0.1, 0.15) is 13.2 Å². The molecule has 3 amide bonds. The fourth-order valence-corrected chi connectivity index (χ4v) is 7.14. The number of esters is 1. The predicted molar refractivity (Wildman–Crippen MR) is 192 cm³/mol. The molecule has 16 heteroatoms. The number of aliphatic hydroxyl groups excluding tert-OH is 1. The zero-order valence-electron chi connectivity index (χ0n) is 29.7. The Morgan fingerprint density at radius 1 is 0.815 bits per heavy atom. The van der Waals surface area contributed by atoms with Crippen LogP contribution in [0.25, 0.3) is 0 Å². The van der Waals surface area contributed by atoms with Crippen molar-refractivity contribution in [3.05, 3.63) is 88.8 Å². The van der Waals surface area contributed by atoms with Crippen LogP contribution in [0.5, 0.6) is 23.0 Å². The average molecular weight is 740 g/mol. The number of aliphatic imine (C=N–C) groups is 1. The van der Waals surface area contributed by atoms with Crippen LogP contribution in [-0.2, 0) is 18.0 Å². The van der Waals surface area contributed by atoms with Gasteiger partial charge in [-0.2, -0.15) is 0 Å². The van der Waals surface area contributed by atoms with Crippen LogP contribution < -0.4 is 23.8 Å². The summed E-state index contributed by atoms with van der Waals surface area (Å²) in [4.78, 5) is 65.2. The minimum absolute atomic E-state index is 0.00218. The lowest BCUT2D eigenvalue weighted by molar-refractivity contribution is 0.0511. The first-order valence-corrected chi connectivity index (χ1v) is 16.9. The smallest absolute Gasteiger partial charge is 0.414 e. The molecule has 0 radical (unpaired) electrons. The van der Waals surface area contributed by atoms with Gasteiger partial charge in [-0.3, -0.25) is 19.6 Å². The minimum Gasteiger partial charge on any atom is -0.493 e. The van der Waals surface area contributed by atoms with Crippen molar-refractivity contribution in [1.29, 1.82) is 0 Å². The standard InChI is InChI=1S/C38H37N5O11/c1-19-6-24-14-39-27-12-32(30(50-3)10-25(27)34(44)41(24)15-19)53-17-22-8-21(37(47)52-5)9-23(40-22)18-54-33-13-28-26(11-31(33)51-4)35(45)42-16-20(2)7-29(42)36(46)43(28)38(48)49/h8-14,24,29,36,46H,1-2,6-7,15-18H2,3-5H3,(H,48,49)/t24-,29?,36?/m0/s1. The van der Waals surface area contributed by atoms with Gasteiger partial charge in [-0.05, 0) is 37.1 Å². The quantitative estimate of drug-likeness (QED) is 0.236. The first-order valence-electron chi connectivity index (χ1n) is 16.9. The maximum Gasteiger partial charge on any atom is 0.414 e. The molecule has 0 saturated carbocycles. The van der Waals surface area contributed by atoms with Crippen molar-refractivity contribution in [3.8, 4) is 23.0 Å². The maximum absolute atomic E-state index is 13.6. The van der Waals surface area contributed by atoms with Gasteiger partial charge in [0.15, 0.2) is 29.2 Å². The molecule has 5 heterocycles. The number of aliphatic hydroxyl groups is 1. The number of carbonyl (C=O) groups excluding carboxylic acids is 3. The number of amides is 3. The van der Waals surface area contributed by atoms with E-state index in [9.17, 15) is 29.4 Å². The molecule has 2 unspecified atom stereocenters. The summed E-state index contributed by atoms with van der Waals surface area (Å²) in [6.45, 7) is 8.17. The Kier molecular flexibility index (Phi) is 9.45. The van der Waals surface area contributed by atoms with E-state index in [2.05, 4.69) is 23.1 Å². The molecule has 0 spiro atoms. The van der Waals surface area contributed by atoms with Crippen molar-refractivity contribution in [2.75, 3.05) is 39.3 Å². The monoisotopic (exact) mass is 739 g/mol. The van der Waals surface area contributed by atoms with Crippen LogP contribution in [0.4, 0.5) is 16.2 Å². The van der Waals surface area contributed by atoms with E-state index in [1.165, 1.54) is 50.5 Å². The Balaban J connectivity index is 1.16. The number of ether oxygens (including phenoxy) is 5. The molecule has 2 N–H and O–H groups in total. The Labute approximate surface area is 309 Å². The third-order valence-electron chi connectivity index (χ3n) is 9.69. The van der Waals surface area contributed by atoms with Crippen LogP contribution >= 0.6 is 0 Å². The summed E-state index contributed by atoms with van der Waals surface area (Å²) in [6.07, 6.45) is -0.443. The number of methoxy groups -OCH3 is 3. The van der Waals surface area contributed by atoms with E-state index >= 15 is 0 Å². The van der Waals surface area contributed by atoms with Gasteiger partial charge in [0, 0.05) is 31.4 Å². The lowest BCUT2D eigenvalue weighted by Crippen LogP contribution is -2.50. The molecule has 3 aromatic rings. The number of pyridine rings is 1. The zero-order valence-corrected chi connectivity index (χ0v) is 29.7. The Morgan fingerprint density at radius 2 is 1.41 bits per heavy atom. The number of rotatable bonds is 9. The van der Waals surface area contributed by atoms with Crippen LogP contribution in [0.3, 0.4) is 0 Å². The fraction of sp³-hybridized carbons (Fsp3) is 0.316. The Hall–Kier alpha value is -6.42. The largest absolute Gasteiger partial charge is 0.493 e. The fourth-order valence-electron chi connectivity index (χ4n) is 7.14. The van der Waals surface area contributed by atoms with Crippen LogP contribution in [0, 0.1) is 0 Å². The molecule has 2 fully saturated rings. The number of hydrogen-bond donors (Lipinski definition) is 2. The lowest BCUT2D eigenvalue weighted by atomic mass is 10.1. The number of aromatic nitrogens is 1. The second-order valence-corrected chi connectivity index (χ2v) is 13.2. The van der Waals surface area contributed by atoms with E-state index in [0.717, 1.165) is 10.5 Å². The SMILES string of the molecule is C=C1CC2C(O)N(C(=O)O)c3cc(OCc4cc(C(=O)OC)cc(COc5cc6c(cc5OC)C(=O)N5CC(=C)C[C@H]5C=N6)n4)c(OC)cc3C(=O)N2C1. The van der Waals surface area contributed by atoms with E-state index in [1.807, 2.05) is 0 Å². The molecule has 0 aliphatic carbocycles. The van der Waals surface area contributed by atoms with Gasteiger partial charge in [0.2, 0.25) is 0 Å². The summed E-state index contributed by atoms with van der Waals surface area (Å²) in [7, 11) is 4.06. The van der Waals surface area contributed by atoms with Gasteiger partial charge in [-0.1, -0.05) is 24.3 Å². The number of anilines is 1. The molecule has 2 aromatic carbocycles. The van der Waals surface area contributed by atoms with Crippen molar-refractivity contribution >= 4 is 41.5 Å².